The number of carbonyl (C=O) groups is 3. The van der Waals surface area contributed by atoms with E-state index in [1.54, 1.807) is 0 Å². The molecule has 12 heteroatoms. The van der Waals surface area contributed by atoms with Crippen LogP contribution in [0.1, 0.15) is 56.4 Å². The van der Waals surface area contributed by atoms with Crippen LogP contribution in [-0.2, 0) is 9.59 Å². The number of nitrogens with zero attached hydrogens (tertiary/aromatic N) is 1. The van der Waals surface area contributed by atoms with Crippen LogP contribution in [0.2, 0.25) is 0 Å². The molecule has 37 heavy (non-hydrogen) atoms. The van der Waals surface area contributed by atoms with Gasteiger partial charge in [-0.25, -0.2) is 0 Å². The predicted octanol–water partition coefficient (Wildman–Crippen LogP) is 3.53. The van der Waals surface area contributed by atoms with Crippen molar-refractivity contribution in [3.8, 4) is 11.8 Å². The van der Waals surface area contributed by atoms with E-state index < -0.39 is 36.0 Å². The summed E-state index contributed by atoms with van der Waals surface area (Å²) >= 11 is 0. The maximum absolute atomic E-state index is 13.0. The highest BCUT2D eigenvalue weighted by molar-refractivity contribution is 6.01. The summed E-state index contributed by atoms with van der Waals surface area (Å²) < 4.78 is 42.2. The van der Waals surface area contributed by atoms with Gasteiger partial charge in [0.15, 0.2) is 0 Å². The Morgan fingerprint density at radius 1 is 1.27 bits per heavy atom. The van der Waals surface area contributed by atoms with Gasteiger partial charge in [0.1, 0.15) is 23.5 Å². The highest BCUT2D eigenvalue weighted by Crippen LogP contribution is 2.31. The molecule has 1 fully saturated rings. The van der Waals surface area contributed by atoms with E-state index in [9.17, 15) is 32.8 Å². The van der Waals surface area contributed by atoms with E-state index in [1.807, 2.05) is 19.9 Å². The van der Waals surface area contributed by atoms with Gasteiger partial charge in [-0.1, -0.05) is 19.9 Å². The average molecular weight is 522 g/mol. The molecule has 3 rings (SSSR count). The third-order valence-corrected chi connectivity index (χ3v) is 6.10. The van der Waals surface area contributed by atoms with Crippen molar-refractivity contribution < 1.29 is 32.3 Å². The van der Waals surface area contributed by atoms with E-state index in [1.165, 1.54) is 18.2 Å². The number of carbonyl (C=O) groups excluding carboxylic acids is 3. The first-order chi connectivity index (χ1) is 17.5. The van der Waals surface area contributed by atoms with E-state index in [2.05, 4.69) is 25.7 Å². The minimum atomic E-state index is -4.90. The molecule has 2 aromatic rings. The highest BCUT2D eigenvalue weighted by atomic mass is 19.4. The van der Waals surface area contributed by atoms with Crippen molar-refractivity contribution in [1.29, 1.82) is 5.26 Å². The molecule has 1 aromatic heterocycles. The van der Waals surface area contributed by atoms with E-state index in [0.29, 0.717) is 13.0 Å². The monoisotopic (exact) mass is 521 g/mol. The van der Waals surface area contributed by atoms with Crippen LogP contribution in [-0.4, -0.2) is 47.7 Å². The summed E-state index contributed by atoms with van der Waals surface area (Å²) in [6, 6.07) is 5.42. The number of aromatic nitrogens is 1. The van der Waals surface area contributed by atoms with Gasteiger partial charge in [-0.15, -0.1) is 13.2 Å². The zero-order valence-electron chi connectivity index (χ0n) is 20.6. The largest absolute Gasteiger partial charge is 0.573 e. The number of ether oxygens (including phenoxy) is 1. The van der Waals surface area contributed by atoms with E-state index in [-0.39, 0.29) is 47.2 Å². The quantitative estimate of drug-likeness (QED) is 0.379. The third kappa shape index (κ3) is 7.87. The molecule has 0 unspecified atom stereocenters. The zero-order chi connectivity index (χ0) is 27.2. The van der Waals surface area contributed by atoms with Gasteiger partial charge in [-0.3, -0.25) is 14.4 Å². The molecule has 0 spiro atoms. The van der Waals surface area contributed by atoms with Gasteiger partial charge in [0.2, 0.25) is 11.8 Å². The van der Waals surface area contributed by atoms with E-state index in [4.69, 9.17) is 0 Å². The molecule has 1 saturated heterocycles. The first kappa shape index (κ1) is 27.8. The summed E-state index contributed by atoms with van der Waals surface area (Å²) in [5.74, 6) is -1.96. The number of nitrogens with one attached hydrogen (secondary N) is 4. The number of halogens is 3. The summed E-state index contributed by atoms with van der Waals surface area (Å²) in [5, 5.41) is 17.6. The molecular weight excluding hydrogens is 491 g/mol. The molecule has 4 N–H and O–H groups in total. The number of hydrogen-bond donors (Lipinski definition) is 4. The zero-order valence-corrected chi connectivity index (χ0v) is 20.6. The molecule has 200 valence electrons. The Kier molecular flexibility index (Phi) is 9.02. The number of H-pyrrole nitrogens is 1. The fraction of sp³-hybridized carbons (Fsp3) is 0.520. The lowest BCUT2D eigenvalue weighted by Crippen LogP contribution is -2.50. The second kappa shape index (κ2) is 12.0. The molecule has 1 aromatic carbocycles. The first-order valence-corrected chi connectivity index (χ1v) is 12.1. The maximum Gasteiger partial charge on any atom is 0.573 e. The van der Waals surface area contributed by atoms with Crippen LogP contribution >= 0.6 is 0 Å². The molecule has 0 bridgehead atoms. The molecule has 0 radical (unpaired) electrons. The van der Waals surface area contributed by atoms with Crippen LogP contribution in [0.5, 0.6) is 5.75 Å². The van der Waals surface area contributed by atoms with Crippen molar-refractivity contribution in [3.05, 3.63) is 30.0 Å². The van der Waals surface area contributed by atoms with Crippen LogP contribution in [0.3, 0.4) is 0 Å². The lowest BCUT2D eigenvalue weighted by Gasteiger charge is -2.24. The average Bonchev–Trinajstić information content (AvgIpc) is 3.26. The van der Waals surface area contributed by atoms with Gasteiger partial charge in [0.25, 0.3) is 5.91 Å². The third-order valence-electron chi connectivity index (χ3n) is 6.10. The van der Waals surface area contributed by atoms with E-state index >= 15 is 0 Å². The summed E-state index contributed by atoms with van der Waals surface area (Å²) in [6.45, 7) is 4.36. The molecule has 0 saturated carbocycles. The minimum Gasteiger partial charge on any atom is -0.405 e. The second-order valence-electron chi connectivity index (χ2n) is 9.50. The SMILES string of the molecule is CC(C)C[C@H](NC(=O)c1cc2c(OC(F)(F)F)cccc2[nH]1)C(=O)N[C@H](C#N)CC[C@@H]1CCCNC1=O. The van der Waals surface area contributed by atoms with Crippen molar-refractivity contribution in [2.75, 3.05) is 6.54 Å². The highest BCUT2D eigenvalue weighted by Gasteiger charge is 2.32. The molecule has 9 nitrogen and oxygen atoms in total. The van der Waals surface area contributed by atoms with Crippen LogP contribution < -0.4 is 20.7 Å². The molecule has 1 aliphatic rings. The van der Waals surface area contributed by atoms with Crippen LogP contribution in [0.4, 0.5) is 13.2 Å². The lowest BCUT2D eigenvalue weighted by atomic mass is 9.92. The lowest BCUT2D eigenvalue weighted by molar-refractivity contribution is -0.274. The first-order valence-electron chi connectivity index (χ1n) is 12.1. The number of amides is 3. The minimum absolute atomic E-state index is 0.0111. The Bertz CT molecular complexity index is 1170. The molecule has 0 aliphatic carbocycles. The second-order valence-corrected chi connectivity index (χ2v) is 9.50. The number of hydrogen-bond acceptors (Lipinski definition) is 5. The van der Waals surface area contributed by atoms with Gasteiger partial charge in [0.05, 0.1) is 6.07 Å². The maximum atomic E-state index is 13.0. The van der Waals surface area contributed by atoms with Gasteiger partial charge < -0.3 is 25.7 Å². The molecular formula is C25H30F3N5O4. The van der Waals surface area contributed by atoms with Crippen LogP contribution in [0.25, 0.3) is 10.9 Å². The van der Waals surface area contributed by atoms with Crippen molar-refractivity contribution >= 4 is 28.6 Å². The van der Waals surface area contributed by atoms with Crippen molar-refractivity contribution in [3.63, 3.8) is 0 Å². The Hall–Kier alpha value is -3.75. The van der Waals surface area contributed by atoms with Crippen LogP contribution in [0, 0.1) is 23.2 Å². The topological polar surface area (TPSA) is 136 Å². The van der Waals surface area contributed by atoms with Gasteiger partial charge in [-0.05, 0) is 56.2 Å². The summed E-state index contributed by atoms with van der Waals surface area (Å²) in [5.41, 5.74) is 0.211. The number of fused-ring (bicyclic) bond motifs is 1. The van der Waals surface area contributed by atoms with Crippen molar-refractivity contribution in [1.82, 2.24) is 20.9 Å². The summed E-state index contributed by atoms with van der Waals surface area (Å²) in [7, 11) is 0. The molecule has 1 aliphatic heterocycles. The summed E-state index contributed by atoms with van der Waals surface area (Å²) in [4.78, 5) is 40.6. The van der Waals surface area contributed by atoms with Gasteiger partial charge >= 0.3 is 6.36 Å². The predicted molar refractivity (Wildman–Crippen MR) is 128 cm³/mol. The summed E-state index contributed by atoms with van der Waals surface area (Å²) in [6.07, 6.45) is -2.31. The fourth-order valence-electron chi connectivity index (χ4n) is 4.32. The number of aromatic amines is 1. The Morgan fingerprint density at radius 2 is 2.03 bits per heavy atom. The fourth-order valence-corrected chi connectivity index (χ4v) is 4.32. The number of benzene rings is 1. The standard InChI is InChI=1S/C25H30F3N5O4/c1-14(2)11-19(23(35)31-16(13-29)9-8-15-5-4-10-30-22(15)34)33-24(36)20-12-17-18(32-20)6-3-7-21(17)37-25(26,27)28/h3,6-7,12,14-16,19,32H,4-5,8-11H2,1-2H3,(H,30,34)(H,31,35)(H,33,36)/t15-,16-,19-/m0/s1. The van der Waals surface area contributed by atoms with Gasteiger partial charge in [0, 0.05) is 23.4 Å². The molecule has 3 atom stereocenters. The Morgan fingerprint density at radius 3 is 2.68 bits per heavy atom. The van der Waals surface area contributed by atoms with E-state index in [0.717, 1.165) is 18.9 Å². The smallest absolute Gasteiger partial charge is 0.405 e. The number of piperidine rings is 1. The number of nitriles is 1. The van der Waals surface area contributed by atoms with Crippen molar-refractivity contribution in [2.24, 2.45) is 11.8 Å². The number of alkyl halides is 3. The molecule has 3 amide bonds. The Labute approximate surface area is 212 Å². The Balaban J connectivity index is 1.69. The van der Waals surface area contributed by atoms with Gasteiger partial charge in [-0.2, -0.15) is 5.26 Å². The van der Waals surface area contributed by atoms with Crippen LogP contribution in [0.15, 0.2) is 24.3 Å². The molecule has 2 heterocycles. The van der Waals surface area contributed by atoms with Crippen molar-refractivity contribution in [2.45, 2.75) is 64.4 Å². The normalized spacial score (nSPS) is 17.5. The number of rotatable bonds is 10.